The van der Waals surface area contributed by atoms with Crippen molar-refractivity contribution in [3.63, 3.8) is 0 Å². The molecular formula is C8H18N2O. The molecule has 0 aromatic heterocycles. The number of ether oxygens (including phenoxy) is 1. The second kappa shape index (κ2) is 5.52. The fraction of sp³-hybridized carbons (Fsp3) is 1.00. The fourth-order valence-electron chi connectivity index (χ4n) is 1.27. The fourth-order valence-corrected chi connectivity index (χ4v) is 1.27. The van der Waals surface area contributed by atoms with Gasteiger partial charge in [-0.05, 0) is 6.92 Å². The Morgan fingerprint density at radius 2 is 2.09 bits per heavy atom. The molecule has 1 N–H and O–H groups in total. The summed E-state index contributed by atoms with van der Waals surface area (Å²) in [4.78, 5) is 2.44. The molecule has 1 saturated heterocycles. The summed E-state index contributed by atoms with van der Waals surface area (Å²) >= 11 is 0. The van der Waals surface area contributed by atoms with Crippen molar-refractivity contribution in [2.45, 2.75) is 6.92 Å². The van der Waals surface area contributed by atoms with Gasteiger partial charge in [0, 0.05) is 39.3 Å². The SMILES string of the molecule is CCOCCN1CCNCC1. The summed E-state index contributed by atoms with van der Waals surface area (Å²) in [7, 11) is 0. The van der Waals surface area contributed by atoms with E-state index in [1.54, 1.807) is 0 Å². The molecule has 0 aromatic carbocycles. The van der Waals surface area contributed by atoms with Crippen molar-refractivity contribution in [3.8, 4) is 0 Å². The van der Waals surface area contributed by atoms with Crippen LogP contribution in [0.2, 0.25) is 0 Å². The van der Waals surface area contributed by atoms with E-state index in [4.69, 9.17) is 4.74 Å². The van der Waals surface area contributed by atoms with Crippen LogP contribution in [0.25, 0.3) is 0 Å². The molecule has 11 heavy (non-hydrogen) atoms. The lowest BCUT2D eigenvalue weighted by molar-refractivity contribution is 0.108. The lowest BCUT2D eigenvalue weighted by atomic mass is 10.4. The van der Waals surface area contributed by atoms with Crippen molar-refractivity contribution < 1.29 is 4.74 Å². The lowest BCUT2D eigenvalue weighted by Crippen LogP contribution is -2.44. The predicted octanol–water partition coefficient (Wildman–Crippen LogP) is -0.0719. The second-order valence-electron chi connectivity index (χ2n) is 2.79. The molecule has 1 aliphatic rings. The van der Waals surface area contributed by atoms with Crippen LogP contribution in [0, 0.1) is 0 Å². The Morgan fingerprint density at radius 1 is 1.36 bits per heavy atom. The summed E-state index contributed by atoms with van der Waals surface area (Å²) in [6.07, 6.45) is 0. The topological polar surface area (TPSA) is 24.5 Å². The van der Waals surface area contributed by atoms with Gasteiger partial charge >= 0.3 is 0 Å². The highest BCUT2D eigenvalue weighted by Crippen LogP contribution is 1.90. The number of hydrogen-bond acceptors (Lipinski definition) is 3. The third-order valence-corrected chi connectivity index (χ3v) is 1.97. The third kappa shape index (κ3) is 3.70. The van der Waals surface area contributed by atoms with Gasteiger partial charge in [-0.3, -0.25) is 4.90 Å². The molecule has 1 fully saturated rings. The molecule has 0 saturated carbocycles. The molecule has 66 valence electrons. The first kappa shape index (κ1) is 8.97. The number of hydrogen-bond donors (Lipinski definition) is 1. The van der Waals surface area contributed by atoms with Crippen LogP contribution in [0.1, 0.15) is 6.92 Å². The average Bonchev–Trinajstić information content (AvgIpc) is 2.07. The zero-order chi connectivity index (χ0) is 7.94. The maximum Gasteiger partial charge on any atom is 0.0593 e. The normalized spacial score (nSPS) is 20.5. The van der Waals surface area contributed by atoms with Gasteiger partial charge in [0.05, 0.1) is 6.61 Å². The minimum atomic E-state index is 0.839. The van der Waals surface area contributed by atoms with Crippen LogP contribution in [0.4, 0.5) is 0 Å². The lowest BCUT2D eigenvalue weighted by Gasteiger charge is -2.26. The van der Waals surface area contributed by atoms with E-state index < -0.39 is 0 Å². The van der Waals surface area contributed by atoms with Crippen LogP contribution in [-0.2, 0) is 4.74 Å². The Hall–Kier alpha value is -0.120. The van der Waals surface area contributed by atoms with Crippen LogP contribution >= 0.6 is 0 Å². The first-order valence-corrected chi connectivity index (χ1v) is 4.44. The molecule has 0 amide bonds. The van der Waals surface area contributed by atoms with Gasteiger partial charge in [-0.25, -0.2) is 0 Å². The van der Waals surface area contributed by atoms with Crippen molar-refractivity contribution in [3.05, 3.63) is 0 Å². The van der Waals surface area contributed by atoms with E-state index >= 15 is 0 Å². The summed E-state index contributed by atoms with van der Waals surface area (Å²) in [6, 6.07) is 0. The molecule has 1 aliphatic heterocycles. The van der Waals surface area contributed by atoms with Gasteiger partial charge in [0.15, 0.2) is 0 Å². The molecule has 1 rings (SSSR count). The first-order chi connectivity index (χ1) is 5.43. The quantitative estimate of drug-likeness (QED) is 0.580. The average molecular weight is 158 g/mol. The van der Waals surface area contributed by atoms with Gasteiger partial charge in [0.1, 0.15) is 0 Å². The number of nitrogens with zero attached hydrogens (tertiary/aromatic N) is 1. The molecule has 3 nitrogen and oxygen atoms in total. The second-order valence-corrected chi connectivity index (χ2v) is 2.79. The number of rotatable bonds is 4. The van der Waals surface area contributed by atoms with Crippen LogP contribution in [0.15, 0.2) is 0 Å². The van der Waals surface area contributed by atoms with E-state index in [-0.39, 0.29) is 0 Å². The van der Waals surface area contributed by atoms with E-state index in [1.165, 1.54) is 13.1 Å². The van der Waals surface area contributed by atoms with Gasteiger partial charge in [0.2, 0.25) is 0 Å². The Bertz CT molecular complexity index is 92.1. The molecule has 0 bridgehead atoms. The monoisotopic (exact) mass is 158 g/mol. The highest BCUT2D eigenvalue weighted by atomic mass is 16.5. The van der Waals surface area contributed by atoms with Crippen LogP contribution < -0.4 is 5.32 Å². The van der Waals surface area contributed by atoms with Gasteiger partial charge in [0.25, 0.3) is 0 Å². The molecule has 0 aliphatic carbocycles. The Balaban J connectivity index is 1.96. The third-order valence-electron chi connectivity index (χ3n) is 1.97. The number of nitrogens with one attached hydrogen (secondary N) is 1. The number of piperazine rings is 1. The summed E-state index contributed by atoms with van der Waals surface area (Å²) in [5.74, 6) is 0. The molecule has 0 aromatic rings. The van der Waals surface area contributed by atoms with Crippen molar-refractivity contribution in [2.75, 3.05) is 45.9 Å². The largest absolute Gasteiger partial charge is 0.380 e. The molecule has 0 atom stereocenters. The van der Waals surface area contributed by atoms with E-state index in [1.807, 2.05) is 6.92 Å². The van der Waals surface area contributed by atoms with Crippen LogP contribution in [-0.4, -0.2) is 50.8 Å². The summed E-state index contributed by atoms with van der Waals surface area (Å²) in [5, 5.41) is 3.32. The standard InChI is InChI=1S/C8H18N2O/c1-2-11-8-7-10-5-3-9-4-6-10/h9H,2-8H2,1H3. The van der Waals surface area contributed by atoms with Crippen molar-refractivity contribution in [2.24, 2.45) is 0 Å². The molecule has 0 unspecified atom stereocenters. The van der Waals surface area contributed by atoms with E-state index in [9.17, 15) is 0 Å². The Morgan fingerprint density at radius 3 is 2.73 bits per heavy atom. The van der Waals surface area contributed by atoms with E-state index in [0.717, 1.165) is 32.8 Å². The van der Waals surface area contributed by atoms with E-state index in [0.29, 0.717) is 0 Å². The Labute approximate surface area is 68.7 Å². The van der Waals surface area contributed by atoms with E-state index in [2.05, 4.69) is 10.2 Å². The molecule has 0 radical (unpaired) electrons. The minimum absolute atomic E-state index is 0.839. The zero-order valence-electron chi connectivity index (χ0n) is 7.31. The maximum absolute atomic E-state index is 5.27. The van der Waals surface area contributed by atoms with Crippen molar-refractivity contribution in [1.29, 1.82) is 0 Å². The van der Waals surface area contributed by atoms with Crippen molar-refractivity contribution >= 4 is 0 Å². The van der Waals surface area contributed by atoms with Gasteiger partial charge in [-0.2, -0.15) is 0 Å². The molecule has 0 spiro atoms. The zero-order valence-corrected chi connectivity index (χ0v) is 7.31. The summed E-state index contributed by atoms with van der Waals surface area (Å²) < 4.78 is 5.27. The molecule has 1 heterocycles. The van der Waals surface area contributed by atoms with Crippen LogP contribution in [0.5, 0.6) is 0 Å². The van der Waals surface area contributed by atoms with Gasteiger partial charge in [-0.1, -0.05) is 0 Å². The molecule has 3 heteroatoms. The summed E-state index contributed by atoms with van der Waals surface area (Å²) in [5.41, 5.74) is 0. The minimum Gasteiger partial charge on any atom is -0.380 e. The molecular weight excluding hydrogens is 140 g/mol. The predicted molar refractivity (Wildman–Crippen MR) is 45.8 cm³/mol. The Kier molecular flexibility index (Phi) is 4.50. The van der Waals surface area contributed by atoms with Gasteiger partial charge < -0.3 is 10.1 Å². The van der Waals surface area contributed by atoms with Crippen LogP contribution in [0.3, 0.4) is 0 Å². The summed E-state index contributed by atoms with van der Waals surface area (Å²) in [6.45, 7) is 9.47. The van der Waals surface area contributed by atoms with Crippen molar-refractivity contribution in [1.82, 2.24) is 10.2 Å². The smallest absolute Gasteiger partial charge is 0.0593 e. The highest BCUT2D eigenvalue weighted by Gasteiger charge is 2.07. The van der Waals surface area contributed by atoms with Gasteiger partial charge in [-0.15, -0.1) is 0 Å². The maximum atomic E-state index is 5.27. The first-order valence-electron chi connectivity index (χ1n) is 4.44. The highest BCUT2D eigenvalue weighted by molar-refractivity contribution is 4.66.